The third-order valence-electron chi connectivity index (χ3n) is 4.06. The van der Waals surface area contributed by atoms with Crippen molar-refractivity contribution in [1.29, 1.82) is 0 Å². The third-order valence-corrected chi connectivity index (χ3v) is 6.09. The van der Waals surface area contributed by atoms with E-state index in [2.05, 4.69) is 21.2 Å². The van der Waals surface area contributed by atoms with Crippen molar-refractivity contribution in [1.82, 2.24) is 5.32 Å². The van der Waals surface area contributed by atoms with Crippen LogP contribution in [-0.2, 0) is 14.8 Å². The van der Waals surface area contributed by atoms with Crippen LogP contribution in [0.3, 0.4) is 0 Å². The maximum absolute atomic E-state index is 12.5. The summed E-state index contributed by atoms with van der Waals surface area (Å²) in [6, 6.07) is 14.7. The summed E-state index contributed by atoms with van der Waals surface area (Å²) in [7, 11) is -3.59. The van der Waals surface area contributed by atoms with E-state index in [1.807, 2.05) is 44.2 Å². The Labute approximate surface area is 163 Å². The zero-order chi connectivity index (χ0) is 19.3. The summed E-state index contributed by atoms with van der Waals surface area (Å²) in [4.78, 5) is 12.5. The number of anilines is 1. The second-order valence-electron chi connectivity index (χ2n) is 6.14. The number of halogens is 1. The fraction of sp³-hybridized carbons (Fsp3) is 0.316. The number of benzene rings is 2. The van der Waals surface area contributed by atoms with E-state index < -0.39 is 10.0 Å². The Morgan fingerprint density at radius 2 is 1.85 bits per heavy atom. The molecule has 0 spiro atoms. The van der Waals surface area contributed by atoms with Crippen LogP contribution in [0.4, 0.5) is 5.69 Å². The number of nitrogens with one attached hydrogen (secondary N) is 1. The Morgan fingerprint density at radius 1 is 1.19 bits per heavy atom. The summed E-state index contributed by atoms with van der Waals surface area (Å²) >= 11 is 3.40. The van der Waals surface area contributed by atoms with Gasteiger partial charge in [-0.1, -0.05) is 53.2 Å². The lowest BCUT2D eigenvalue weighted by atomic mass is 10.0. The summed E-state index contributed by atoms with van der Waals surface area (Å²) in [6.45, 7) is 3.59. The summed E-state index contributed by atoms with van der Waals surface area (Å²) in [5, 5.41) is 2.93. The predicted molar refractivity (Wildman–Crippen MR) is 109 cm³/mol. The van der Waals surface area contributed by atoms with Crippen molar-refractivity contribution >= 4 is 37.5 Å². The molecular formula is C19H23BrN2O3S. The minimum absolute atomic E-state index is 0.156. The number of sulfonamides is 1. The Kier molecular flexibility index (Phi) is 6.83. The molecule has 0 aliphatic carbocycles. The lowest BCUT2D eigenvalue weighted by Gasteiger charge is -2.24. The van der Waals surface area contributed by atoms with E-state index in [9.17, 15) is 13.2 Å². The molecule has 1 N–H and O–H groups in total. The number of amides is 1. The van der Waals surface area contributed by atoms with Gasteiger partial charge in [-0.05, 0) is 42.7 Å². The highest BCUT2D eigenvalue weighted by molar-refractivity contribution is 9.10. The summed E-state index contributed by atoms with van der Waals surface area (Å²) < 4.78 is 26.5. The molecule has 26 heavy (non-hydrogen) atoms. The van der Waals surface area contributed by atoms with Crippen molar-refractivity contribution in [3.8, 4) is 0 Å². The molecule has 0 aromatic heterocycles. The molecule has 2 aromatic rings. The number of hydrogen-bond acceptors (Lipinski definition) is 3. The molecule has 2 rings (SSSR count). The summed E-state index contributed by atoms with van der Waals surface area (Å²) in [5.41, 5.74) is 2.36. The van der Waals surface area contributed by atoms with Gasteiger partial charge < -0.3 is 5.32 Å². The molecule has 0 bridgehead atoms. The average molecular weight is 439 g/mol. The minimum Gasteiger partial charge on any atom is -0.348 e. The van der Waals surface area contributed by atoms with Gasteiger partial charge in [-0.2, -0.15) is 0 Å². The van der Waals surface area contributed by atoms with Crippen LogP contribution in [0.2, 0.25) is 0 Å². The summed E-state index contributed by atoms with van der Waals surface area (Å²) in [5.74, 6) is -0.341. The molecular weight excluding hydrogens is 416 g/mol. The van der Waals surface area contributed by atoms with Crippen molar-refractivity contribution in [2.24, 2.45) is 0 Å². The van der Waals surface area contributed by atoms with E-state index in [-0.39, 0.29) is 18.5 Å². The van der Waals surface area contributed by atoms with E-state index in [1.54, 1.807) is 18.2 Å². The number of rotatable bonds is 7. The van der Waals surface area contributed by atoms with Gasteiger partial charge in [0.1, 0.15) is 6.54 Å². The first-order valence-electron chi connectivity index (χ1n) is 8.30. The van der Waals surface area contributed by atoms with Crippen LogP contribution in [-0.4, -0.2) is 27.1 Å². The van der Waals surface area contributed by atoms with Crippen molar-refractivity contribution in [2.45, 2.75) is 26.3 Å². The van der Waals surface area contributed by atoms with Crippen molar-refractivity contribution < 1.29 is 13.2 Å². The molecule has 0 fully saturated rings. The number of carbonyl (C=O) groups excluding carboxylic acids is 1. The number of hydrogen-bond donors (Lipinski definition) is 1. The van der Waals surface area contributed by atoms with Gasteiger partial charge in [-0.15, -0.1) is 0 Å². The van der Waals surface area contributed by atoms with Crippen LogP contribution in [0.15, 0.2) is 53.0 Å². The average Bonchev–Trinajstić information content (AvgIpc) is 2.60. The molecule has 0 heterocycles. The topological polar surface area (TPSA) is 66.5 Å². The Bertz CT molecular complexity index is 870. The van der Waals surface area contributed by atoms with Gasteiger partial charge in [0.05, 0.1) is 18.0 Å². The second kappa shape index (κ2) is 8.68. The van der Waals surface area contributed by atoms with Crippen LogP contribution in [0.1, 0.15) is 30.5 Å². The fourth-order valence-electron chi connectivity index (χ4n) is 2.66. The number of carbonyl (C=O) groups is 1. The van der Waals surface area contributed by atoms with E-state index in [0.29, 0.717) is 12.1 Å². The second-order valence-corrected chi connectivity index (χ2v) is 8.90. The molecule has 140 valence electrons. The smallest absolute Gasteiger partial charge is 0.241 e. The molecule has 0 unspecified atom stereocenters. The summed E-state index contributed by atoms with van der Waals surface area (Å²) in [6.07, 6.45) is 1.82. The van der Waals surface area contributed by atoms with E-state index >= 15 is 0 Å². The Hall–Kier alpha value is -1.86. The standard InChI is InChI=1S/C19H23BrN2O3S/c1-4-18(15-8-6-5-7-9-15)21-19(23)13-22(26(3,24)25)16-10-11-17(20)14(2)12-16/h5-12,18H,4,13H2,1-3H3,(H,21,23)/t18-/m1/s1. The Balaban J connectivity index is 2.20. The molecule has 7 heteroatoms. The SMILES string of the molecule is CC[C@@H](NC(=O)CN(c1ccc(Br)c(C)c1)S(C)(=O)=O)c1ccccc1. The molecule has 0 radical (unpaired) electrons. The zero-order valence-corrected chi connectivity index (χ0v) is 17.5. The molecule has 0 aliphatic heterocycles. The minimum atomic E-state index is -3.59. The number of aryl methyl sites for hydroxylation is 1. The van der Waals surface area contributed by atoms with Gasteiger partial charge in [0.25, 0.3) is 0 Å². The highest BCUT2D eigenvalue weighted by atomic mass is 79.9. The van der Waals surface area contributed by atoms with E-state index in [1.165, 1.54) is 0 Å². The van der Waals surface area contributed by atoms with Gasteiger partial charge in [0.15, 0.2) is 0 Å². The lowest BCUT2D eigenvalue weighted by molar-refractivity contribution is -0.120. The normalized spacial score (nSPS) is 12.5. The quantitative estimate of drug-likeness (QED) is 0.714. The maximum atomic E-state index is 12.5. The van der Waals surface area contributed by atoms with Crippen LogP contribution >= 0.6 is 15.9 Å². The molecule has 1 amide bonds. The van der Waals surface area contributed by atoms with Gasteiger partial charge >= 0.3 is 0 Å². The largest absolute Gasteiger partial charge is 0.348 e. The van der Waals surface area contributed by atoms with Crippen molar-refractivity contribution in [3.05, 3.63) is 64.1 Å². The Morgan fingerprint density at radius 3 is 2.38 bits per heavy atom. The van der Waals surface area contributed by atoms with Crippen LogP contribution < -0.4 is 9.62 Å². The van der Waals surface area contributed by atoms with Gasteiger partial charge in [-0.3, -0.25) is 9.10 Å². The molecule has 0 saturated heterocycles. The van der Waals surface area contributed by atoms with Crippen LogP contribution in [0.25, 0.3) is 0 Å². The van der Waals surface area contributed by atoms with Crippen molar-refractivity contribution in [3.63, 3.8) is 0 Å². The van der Waals surface area contributed by atoms with Crippen LogP contribution in [0, 0.1) is 6.92 Å². The van der Waals surface area contributed by atoms with E-state index in [4.69, 9.17) is 0 Å². The van der Waals surface area contributed by atoms with Gasteiger partial charge in [0.2, 0.25) is 15.9 Å². The highest BCUT2D eigenvalue weighted by Gasteiger charge is 2.22. The zero-order valence-electron chi connectivity index (χ0n) is 15.1. The van der Waals surface area contributed by atoms with E-state index in [0.717, 1.165) is 26.2 Å². The maximum Gasteiger partial charge on any atom is 0.241 e. The lowest BCUT2D eigenvalue weighted by Crippen LogP contribution is -2.41. The van der Waals surface area contributed by atoms with Crippen LogP contribution in [0.5, 0.6) is 0 Å². The number of nitrogens with zero attached hydrogens (tertiary/aromatic N) is 1. The monoisotopic (exact) mass is 438 g/mol. The predicted octanol–water partition coefficient (Wildman–Crippen LogP) is 3.79. The molecule has 1 atom stereocenters. The third kappa shape index (κ3) is 5.32. The first-order chi connectivity index (χ1) is 12.2. The van der Waals surface area contributed by atoms with Gasteiger partial charge in [-0.25, -0.2) is 8.42 Å². The molecule has 0 saturated carbocycles. The van der Waals surface area contributed by atoms with Crippen molar-refractivity contribution in [2.75, 3.05) is 17.1 Å². The van der Waals surface area contributed by atoms with Gasteiger partial charge in [0, 0.05) is 4.47 Å². The molecule has 0 aliphatic rings. The highest BCUT2D eigenvalue weighted by Crippen LogP contribution is 2.24. The first-order valence-corrected chi connectivity index (χ1v) is 10.9. The fourth-order valence-corrected chi connectivity index (χ4v) is 3.76. The molecule has 2 aromatic carbocycles. The molecule has 5 nitrogen and oxygen atoms in total. The first kappa shape index (κ1) is 20.5.